The largest absolute Gasteiger partial charge is 0.484 e. The minimum atomic E-state index is -0.522. The Hall–Kier alpha value is -4.14. The van der Waals surface area contributed by atoms with Crippen LogP contribution in [0.2, 0.25) is 0 Å². The molecule has 0 saturated carbocycles. The van der Waals surface area contributed by atoms with Gasteiger partial charge in [0.15, 0.2) is 6.61 Å². The van der Waals surface area contributed by atoms with Crippen LogP contribution in [-0.2, 0) is 16.1 Å². The fourth-order valence-electron chi connectivity index (χ4n) is 2.62. The number of nitrogens with one attached hydrogen (secondary N) is 1. The second kappa shape index (κ2) is 9.87. The Morgan fingerprint density at radius 3 is 2.40 bits per heavy atom. The van der Waals surface area contributed by atoms with Crippen molar-refractivity contribution in [2.24, 2.45) is 0 Å². The van der Waals surface area contributed by atoms with Crippen LogP contribution >= 0.6 is 0 Å². The van der Waals surface area contributed by atoms with Gasteiger partial charge < -0.3 is 19.4 Å². The SMILES string of the molecule is O=C(CN(Cc1ccco1)C(=O)COc1ccc([N+](=O)[O-])cc1)Nc1ccccc1. The number of rotatable bonds is 9. The molecule has 0 saturated heterocycles. The van der Waals surface area contributed by atoms with Crippen LogP contribution in [0.1, 0.15) is 5.76 Å². The quantitative estimate of drug-likeness (QED) is 0.429. The van der Waals surface area contributed by atoms with Crippen molar-refractivity contribution < 1.29 is 23.7 Å². The van der Waals surface area contributed by atoms with Crippen LogP contribution in [0.4, 0.5) is 11.4 Å². The van der Waals surface area contributed by atoms with E-state index in [1.165, 1.54) is 35.4 Å². The number of carbonyl (C=O) groups excluding carboxylic acids is 2. The van der Waals surface area contributed by atoms with Crippen LogP contribution in [0, 0.1) is 10.1 Å². The van der Waals surface area contributed by atoms with Crippen molar-refractivity contribution in [3.63, 3.8) is 0 Å². The summed E-state index contributed by atoms with van der Waals surface area (Å²) in [7, 11) is 0. The molecule has 1 N–H and O–H groups in total. The number of anilines is 1. The lowest BCUT2D eigenvalue weighted by atomic mass is 10.3. The molecule has 1 aromatic heterocycles. The number of nitro benzene ring substituents is 1. The van der Waals surface area contributed by atoms with Crippen LogP contribution in [0.25, 0.3) is 0 Å². The molecule has 0 radical (unpaired) electrons. The molecule has 30 heavy (non-hydrogen) atoms. The normalized spacial score (nSPS) is 10.3. The Balaban J connectivity index is 1.62. The van der Waals surface area contributed by atoms with Crippen molar-refractivity contribution in [3.8, 4) is 5.75 Å². The molecule has 0 unspecified atom stereocenters. The average Bonchev–Trinajstić information content (AvgIpc) is 3.25. The molecule has 0 atom stereocenters. The summed E-state index contributed by atoms with van der Waals surface area (Å²) < 4.78 is 10.7. The lowest BCUT2D eigenvalue weighted by Crippen LogP contribution is -2.40. The van der Waals surface area contributed by atoms with Crippen molar-refractivity contribution in [2.75, 3.05) is 18.5 Å². The second-order valence-corrected chi connectivity index (χ2v) is 6.28. The highest BCUT2D eigenvalue weighted by atomic mass is 16.6. The van der Waals surface area contributed by atoms with Gasteiger partial charge in [-0.1, -0.05) is 18.2 Å². The lowest BCUT2D eigenvalue weighted by molar-refractivity contribution is -0.384. The zero-order chi connectivity index (χ0) is 21.3. The highest BCUT2D eigenvalue weighted by Gasteiger charge is 2.20. The molecule has 154 valence electrons. The zero-order valence-electron chi connectivity index (χ0n) is 15.9. The third-order valence-corrected chi connectivity index (χ3v) is 4.08. The first kappa shape index (κ1) is 20.6. The molecular formula is C21H19N3O6. The predicted molar refractivity (Wildman–Crippen MR) is 108 cm³/mol. The van der Waals surface area contributed by atoms with E-state index in [1.807, 2.05) is 6.07 Å². The summed E-state index contributed by atoms with van der Waals surface area (Å²) in [4.78, 5) is 36.6. The molecule has 2 aromatic carbocycles. The van der Waals surface area contributed by atoms with Crippen molar-refractivity contribution in [1.82, 2.24) is 4.90 Å². The molecule has 1 heterocycles. The maximum absolute atomic E-state index is 12.7. The highest BCUT2D eigenvalue weighted by Crippen LogP contribution is 2.17. The average molecular weight is 409 g/mol. The van der Waals surface area contributed by atoms with Gasteiger partial charge in [0, 0.05) is 17.8 Å². The number of nitro groups is 1. The van der Waals surface area contributed by atoms with Crippen LogP contribution < -0.4 is 10.1 Å². The van der Waals surface area contributed by atoms with Crippen molar-refractivity contribution in [2.45, 2.75) is 6.54 Å². The number of carbonyl (C=O) groups is 2. The van der Waals surface area contributed by atoms with Crippen molar-refractivity contribution >= 4 is 23.2 Å². The Labute approximate surface area is 172 Å². The number of non-ortho nitro benzene ring substituents is 1. The number of furan rings is 1. The van der Waals surface area contributed by atoms with Gasteiger partial charge in [-0.3, -0.25) is 19.7 Å². The molecule has 3 rings (SSSR count). The van der Waals surface area contributed by atoms with E-state index in [0.29, 0.717) is 17.2 Å². The van der Waals surface area contributed by atoms with E-state index in [4.69, 9.17) is 9.15 Å². The smallest absolute Gasteiger partial charge is 0.269 e. The van der Waals surface area contributed by atoms with Crippen LogP contribution in [0.15, 0.2) is 77.4 Å². The minimum absolute atomic E-state index is 0.0781. The number of ether oxygens (including phenoxy) is 1. The van der Waals surface area contributed by atoms with Gasteiger partial charge in [0.05, 0.1) is 17.7 Å². The molecule has 0 aliphatic rings. The number of hydrogen-bond donors (Lipinski definition) is 1. The summed E-state index contributed by atoms with van der Waals surface area (Å²) in [5, 5.41) is 13.4. The second-order valence-electron chi connectivity index (χ2n) is 6.28. The first-order valence-corrected chi connectivity index (χ1v) is 9.03. The van der Waals surface area contributed by atoms with Crippen LogP contribution in [0.5, 0.6) is 5.75 Å². The van der Waals surface area contributed by atoms with Gasteiger partial charge in [-0.15, -0.1) is 0 Å². The number of benzene rings is 2. The Bertz CT molecular complexity index is 987. The van der Waals surface area contributed by atoms with Gasteiger partial charge in [0.25, 0.3) is 11.6 Å². The number of nitrogens with zero attached hydrogens (tertiary/aromatic N) is 2. The molecule has 9 heteroatoms. The summed E-state index contributed by atoms with van der Waals surface area (Å²) in [6, 6.07) is 17.7. The first-order chi connectivity index (χ1) is 14.5. The molecule has 0 bridgehead atoms. The number of amides is 2. The molecule has 0 spiro atoms. The molecule has 2 amide bonds. The topological polar surface area (TPSA) is 115 Å². The minimum Gasteiger partial charge on any atom is -0.484 e. The summed E-state index contributed by atoms with van der Waals surface area (Å²) in [6.45, 7) is -0.438. The van der Waals surface area contributed by atoms with Gasteiger partial charge in [-0.2, -0.15) is 0 Å². The fraction of sp³-hybridized carbons (Fsp3) is 0.143. The maximum atomic E-state index is 12.7. The molecular weight excluding hydrogens is 390 g/mol. The molecule has 3 aromatic rings. The van der Waals surface area contributed by atoms with Crippen molar-refractivity contribution in [1.29, 1.82) is 0 Å². The van der Waals surface area contributed by atoms with Crippen LogP contribution in [-0.4, -0.2) is 34.8 Å². The molecule has 0 aliphatic carbocycles. The molecule has 0 aliphatic heterocycles. The van der Waals surface area contributed by atoms with E-state index in [-0.39, 0.29) is 31.3 Å². The Morgan fingerprint density at radius 2 is 1.77 bits per heavy atom. The monoisotopic (exact) mass is 409 g/mol. The van der Waals surface area contributed by atoms with Gasteiger partial charge in [0.1, 0.15) is 18.1 Å². The highest BCUT2D eigenvalue weighted by molar-refractivity contribution is 5.94. The number of hydrogen-bond acceptors (Lipinski definition) is 6. The predicted octanol–water partition coefficient (Wildman–Crippen LogP) is 3.23. The first-order valence-electron chi connectivity index (χ1n) is 9.03. The van der Waals surface area contributed by atoms with Crippen molar-refractivity contribution in [3.05, 3.63) is 88.9 Å². The van der Waals surface area contributed by atoms with Gasteiger partial charge >= 0.3 is 0 Å². The standard InChI is InChI=1S/C21H19N3O6/c25-20(22-16-5-2-1-3-6-16)14-23(13-19-7-4-12-29-19)21(26)15-30-18-10-8-17(9-11-18)24(27)28/h1-12H,13-15H2,(H,22,25). The van der Waals surface area contributed by atoms with E-state index in [1.54, 1.807) is 36.4 Å². The van der Waals surface area contributed by atoms with E-state index in [0.717, 1.165) is 0 Å². The summed E-state index contributed by atoms with van der Waals surface area (Å²) >= 11 is 0. The third kappa shape index (κ3) is 5.93. The van der Waals surface area contributed by atoms with Gasteiger partial charge in [-0.05, 0) is 36.4 Å². The summed E-state index contributed by atoms with van der Waals surface area (Å²) in [5.74, 6) is 0.0243. The fourth-order valence-corrected chi connectivity index (χ4v) is 2.62. The zero-order valence-corrected chi connectivity index (χ0v) is 15.9. The van der Waals surface area contributed by atoms with Crippen LogP contribution in [0.3, 0.4) is 0 Å². The Kier molecular flexibility index (Phi) is 6.78. The van der Waals surface area contributed by atoms with E-state index in [9.17, 15) is 19.7 Å². The third-order valence-electron chi connectivity index (χ3n) is 4.08. The van der Waals surface area contributed by atoms with Gasteiger partial charge in [-0.25, -0.2) is 0 Å². The maximum Gasteiger partial charge on any atom is 0.269 e. The van der Waals surface area contributed by atoms with E-state index in [2.05, 4.69) is 5.32 Å². The number of para-hydroxylation sites is 1. The van der Waals surface area contributed by atoms with E-state index < -0.39 is 10.8 Å². The molecule has 0 fully saturated rings. The van der Waals surface area contributed by atoms with Gasteiger partial charge in [0.2, 0.25) is 5.91 Å². The molecule has 9 nitrogen and oxygen atoms in total. The summed E-state index contributed by atoms with van der Waals surface area (Å²) in [5.41, 5.74) is 0.542. The lowest BCUT2D eigenvalue weighted by Gasteiger charge is -2.21. The Morgan fingerprint density at radius 1 is 1.03 bits per heavy atom. The van der Waals surface area contributed by atoms with E-state index >= 15 is 0 Å². The summed E-state index contributed by atoms with van der Waals surface area (Å²) in [6.07, 6.45) is 1.48.